The highest BCUT2D eigenvalue weighted by atomic mass is 35.5. The Morgan fingerprint density at radius 3 is 2.43 bits per heavy atom. The Labute approximate surface area is 168 Å². The number of benzene rings is 2. The van der Waals surface area contributed by atoms with Crippen molar-refractivity contribution in [2.24, 2.45) is 0 Å². The Bertz CT molecular complexity index is 1040. The number of aromatic hydroxyl groups is 1. The fraction of sp³-hybridized carbons (Fsp3) is 0.318. The van der Waals surface area contributed by atoms with Crippen LogP contribution in [0, 0.1) is 0 Å². The van der Waals surface area contributed by atoms with E-state index in [9.17, 15) is 9.90 Å². The second kappa shape index (κ2) is 6.92. The maximum Gasteiger partial charge on any atom is 0.200 e. The summed E-state index contributed by atoms with van der Waals surface area (Å²) < 4.78 is 11.5. The maximum absolute atomic E-state index is 11.9. The molecule has 1 saturated heterocycles. The summed E-state index contributed by atoms with van der Waals surface area (Å²) in [5, 5.41) is 11.2. The number of Topliss-reactive ketones (excluding diaryl/α,β-unsaturated/α-hetero) is 1. The van der Waals surface area contributed by atoms with Crippen molar-refractivity contribution >= 4 is 28.3 Å². The monoisotopic (exact) mass is 399 g/mol. The van der Waals surface area contributed by atoms with Gasteiger partial charge in [-0.25, -0.2) is 0 Å². The smallest absolute Gasteiger partial charge is 0.200 e. The van der Waals surface area contributed by atoms with Gasteiger partial charge in [0.15, 0.2) is 11.6 Å². The zero-order valence-corrected chi connectivity index (χ0v) is 16.8. The van der Waals surface area contributed by atoms with Crippen LogP contribution < -0.4 is 0 Å². The number of rotatable bonds is 3. The van der Waals surface area contributed by atoms with Crippen LogP contribution in [0.1, 0.15) is 42.6 Å². The SMILES string of the molecule is CC(=O)c1c(O)[nH]c2cc(Cl)c(-c3ccc(C4COC(C)(C)OC4)cc3)cc12. The van der Waals surface area contributed by atoms with E-state index in [2.05, 4.69) is 4.98 Å². The predicted octanol–water partition coefficient (Wildman–Crippen LogP) is 5.26. The summed E-state index contributed by atoms with van der Waals surface area (Å²) in [6.45, 7) is 6.49. The minimum Gasteiger partial charge on any atom is -0.494 e. The molecule has 1 aliphatic heterocycles. The second-order valence-electron chi connectivity index (χ2n) is 7.62. The molecule has 0 atom stereocenters. The average molecular weight is 400 g/mol. The molecule has 0 spiro atoms. The molecule has 3 aromatic rings. The van der Waals surface area contributed by atoms with E-state index in [-0.39, 0.29) is 23.1 Å². The molecule has 0 radical (unpaired) electrons. The van der Waals surface area contributed by atoms with E-state index in [1.807, 2.05) is 44.2 Å². The van der Waals surface area contributed by atoms with Crippen LogP contribution in [0.2, 0.25) is 5.02 Å². The number of carbonyl (C=O) groups excluding carboxylic acids is 1. The van der Waals surface area contributed by atoms with Crippen LogP contribution in [-0.4, -0.2) is 34.9 Å². The van der Waals surface area contributed by atoms with Gasteiger partial charge in [-0.15, -0.1) is 0 Å². The molecule has 28 heavy (non-hydrogen) atoms. The van der Waals surface area contributed by atoms with Gasteiger partial charge < -0.3 is 19.6 Å². The summed E-state index contributed by atoms with van der Waals surface area (Å²) in [4.78, 5) is 14.7. The number of aromatic amines is 1. The Morgan fingerprint density at radius 1 is 1.18 bits per heavy atom. The average Bonchev–Trinajstić information content (AvgIpc) is 2.96. The van der Waals surface area contributed by atoms with Crippen LogP contribution in [0.5, 0.6) is 5.88 Å². The molecule has 1 fully saturated rings. The molecule has 0 saturated carbocycles. The standard InChI is InChI=1S/C22H22ClNO4/c1-12(25)20-17-8-16(18(23)9-19(17)24-21(20)26)14-6-4-13(5-7-14)15-10-27-22(2,3)28-11-15/h4-9,15,24,26H,10-11H2,1-3H3. The maximum atomic E-state index is 11.9. The van der Waals surface area contributed by atoms with Crippen LogP contribution in [-0.2, 0) is 9.47 Å². The number of fused-ring (bicyclic) bond motifs is 1. The third kappa shape index (κ3) is 3.41. The molecule has 0 aliphatic carbocycles. The quantitative estimate of drug-likeness (QED) is 0.589. The molecule has 1 aromatic heterocycles. The lowest BCUT2D eigenvalue weighted by Gasteiger charge is -2.35. The van der Waals surface area contributed by atoms with Crippen LogP contribution in [0.15, 0.2) is 36.4 Å². The third-order valence-corrected chi connectivity index (χ3v) is 5.49. The van der Waals surface area contributed by atoms with Crippen molar-refractivity contribution in [1.29, 1.82) is 0 Å². The van der Waals surface area contributed by atoms with Gasteiger partial charge in [0.2, 0.25) is 5.88 Å². The van der Waals surface area contributed by atoms with E-state index in [0.717, 1.165) is 16.7 Å². The minimum atomic E-state index is -0.532. The summed E-state index contributed by atoms with van der Waals surface area (Å²) in [6.07, 6.45) is 0. The normalized spacial score (nSPS) is 17.1. The van der Waals surface area contributed by atoms with Crippen molar-refractivity contribution in [1.82, 2.24) is 4.98 Å². The van der Waals surface area contributed by atoms with Gasteiger partial charge in [0.05, 0.1) is 29.3 Å². The zero-order chi connectivity index (χ0) is 20.1. The van der Waals surface area contributed by atoms with E-state index < -0.39 is 5.79 Å². The lowest BCUT2D eigenvalue weighted by Crippen LogP contribution is -2.38. The van der Waals surface area contributed by atoms with Crippen molar-refractivity contribution < 1.29 is 19.4 Å². The largest absolute Gasteiger partial charge is 0.494 e. The highest BCUT2D eigenvalue weighted by molar-refractivity contribution is 6.34. The number of aromatic nitrogens is 1. The van der Waals surface area contributed by atoms with E-state index in [4.69, 9.17) is 21.1 Å². The van der Waals surface area contributed by atoms with E-state index >= 15 is 0 Å². The first kappa shape index (κ1) is 19.0. The van der Waals surface area contributed by atoms with E-state index in [1.165, 1.54) is 6.92 Å². The van der Waals surface area contributed by atoms with Crippen LogP contribution >= 0.6 is 11.6 Å². The number of ether oxygens (including phenoxy) is 2. The summed E-state index contributed by atoms with van der Waals surface area (Å²) in [5.74, 6) is -0.680. The molecule has 2 heterocycles. The molecule has 2 aromatic carbocycles. The molecular weight excluding hydrogens is 378 g/mol. The zero-order valence-electron chi connectivity index (χ0n) is 16.0. The van der Waals surface area contributed by atoms with Crippen molar-refractivity contribution in [3.63, 3.8) is 0 Å². The van der Waals surface area contributed by atoms with Gasteiger partial charge >= 0.3 is 0 Å². The van der Waals surface area contributed by atoms with E-state index in [0.29, 0.717) is 29.1 Å². The highest BCUT2D eigenvalue weighted by Crippen LogP contribution is 2.37. The summed E-state index contributed by atoms with van der Waals surface area (Å²) in [7, 11) is 0. The van der Waals surface area contributed by atoms with Crippen LogP contribution in [0.4, 0.5) is 0 Å². The van der Waals surface area contributed by atoms with Gasteiger partial charge in [-0.2, -0.15) is 0 Å². The number of carbonyl (C=O) groups is 1. The number of nitrogens with one attached hydrogen (secondary N) is 1. The summed E-state index contributed by atoms with van der Waals surface area (Å²) in [6, 6.07) is 11.7. The van der Waals surface area contributed by atoms with Crippen LogP contribution in [0.25, 0.3) is 22.0 Å². The molecule has 4 rings (SSSR count). The van der Waals surface area contributed by atoms with Crippen molar-refractivity contribution in [2.45, 2.75) is 32.5 Å². The van der Waals surface area contributed by atoms with Crippen LogP contribution in [0.3, 0.4) is 0 Å². The number of hydrogen-bond donors (Lipinski definition) is 2. The first-order valence-corrected chi connectivity index (χ1v) is 9.56. The Morgan fingerprint density at radius 2 is 1.82 bits per heavy atom. The molecular formula is C22H22ClNO4. The molecule has 1 aliphatic rings. The molecule has 6 heteroatoms. The van der Waals surface area contributed by atoms with Gasteiger partial charge in [0.1, 0.15) is 0 Å². The lowest BCUT2D eigenvalue weighted by molar-refractivity contribution is -0.251. The molecule has 0 unspecified atom stereocenters. The van der Waals surface area contributed by atoms with Crippen molar-refractivity contribution in [3.05, 3.63) is 52.5 Å². The number of H-pyrrole nitrogens is 1. The molecule has 146 valence electrons. The van der Waals surface area contributed by atoms with Gasteiger partial charge in [-0.05, 0) is 44.0 Å². The Balaban J connectivity index is 1.67. The summed E-state index contributed by atoms with van der Waals surface area (Å²) >= 11 is 6.47. The van der Waals surface area contributed by atoms with E-state index in [1.54, 1.807) is 6.07 Å². The Kier molecular flexibility index (Phi) is 4.70. The number of halogens is 1. The number of hydrogen-bond acceptors (Lipinski definition) is 4. The molecule has 2 N–H and O–H groups in total. The molecule has 0 bridgehead atoms. The second-order valence-corrected chi connectivity index (χ2v) is 8.03. The first-order valence-electron chi connectivity index (χ1n) is 9.18. The molecule has 5 nitrogen and oxygen atoms in total. The molecule has 0 amide bonds. The fourth-order valence-electron chi connectivity index (χ4n) is 3.60. The van der Waals surface area contributed by atoms with Crippen molar-refractivity contribution in [2.75, 3.05) is 13.2 Å². The lowest BCUT2D eigenvalue weighted by atomic mass is 9.95. The van der Waals surface area contributed by atoms with Gasteiger partial charge in [-0.3, -0.25) is 4.79 Å². The fourth-order valence-corrected chi connectivity index (χ4v) is 3.87. The van der Waals surface area contributed by atoms with Gasteiger partial charge in [0.25, 0.3) is 0 Å². The summed E-state index contributed by atoms with van der Waals surface area (Å²) in [5.41, 5.74) is 3.79. The first-order chi connectivity index (χ1) is 13.2. The third-order valence-electron chi connectivity index (χ3n) is 5.18. The van der Waals surface area contributed by atoms with Gasteiger partial charge in [0, 0.05) is 16.9 Å². The Hall–Kier alpha value is -2.34. The van der Waals surface area contributed by atoms with Crippen molar-refractivity contribution in [3.8, 4) is 17.0 Å². The number of ketones is 1. The predicted molar refractivity (Wildman–Crippen MR) is 109 cm³/mol. The topological polar surface area (TPSA) is 71.5 Å². The highest BCUT2D eigenvalue weighted by Gasteiger charge is 2.29. The minimum absolute atomic E-state index is 0.133. The van der Waals surface area contributed by atoms with Gasteiger partial charge in [-0.1, -0.05) is 35.9 Å².